The van der Waals surface area contributed by atoms with Gasteiger partial charge in [-0.2, -0.15) is 5.48 Å². The molecule has 0 aliphatic rings. The summed E-state index contributed by atoms with van der Waals surface area (Å²) in [6, 6.07) is 19.8. The summed E-state index contributed by atoms with van der Waals surface area (Å²) in [6.07, 6.45) is 0.422. The highest BCUT2D eigenvalue weighted by molar-refractivity contribution is 7.92. The third kappa shape index (κ3) is 10.7. The Kier molecular flexibility index (Phi) is 12.5. The number of aliphatic carboxylic acids is 2. The van der Waals surface area contributed by atoms with Gasteiger partial charge in [-0.3, -0.25) is 19.1 Å². The fourth-order valence-corrected chi connectivity index (χ4v) is 4.57. The van der Waals surface area contributed by atoms with E-state index < -0.39 is 28.0 Å². The van der Waals surface area contributed by atoms with Crippen molar-refractivity contribution in [1.82, 2.24) is 5.48 Å². The van der Waals surface area contributed by atoms with E-state index in [4.69, 9.17) is 15.4 Å². The van der Waals surface area contributed by atoms with Gasteiger partial charge in [-0.05, 0) is 60.4 Å². The normalized spacial score (nSPS) is 12.3. The molecule has 2 unspecified atom stereocenters. The fourth-order valence-electron chi connectivity index (χ4n) is 3.51. The van der Waals surface area contributed by atoms with Crippen LogP contribution in [0.3, 0.4) is 0 Å². The van der Waals surface area contributed by atoms with Gasteiger partial charge in [0.2, 0.25) is 5.91 Å². The molecule has 1 amide bonds. The highest BCUT2D eigenvalue weighted by Crippen LogP contribution is 2.24. The topological polar surface area (TPSA) is 182 Å². The number of rotatable bonds is 12. The largest absolute Gasteiger partial charge is 0.481 e. The molecule has 0 bridgehead atoms. The quantitative estimate of drug-likeness (QED) is 0.164. The molecule has 3 aromatic rings. The van der Waals surface area contributed by atoms with Gasteiger partial charge in [0, 0.05) is 17.8 Å². The monoisotopic (exact) mass is 585 g/mol. The molecule has 0 saturated carbocycles. The van der Waals surface area contributed by atoms with Crippen LogP contribution in [0.5, 0.6) is 0 Å². The predicted octanol–water partition coefficient (Wildman–Crippen LogP) is 4.73. The number of amides is 1. The van der Waals surface area contributed by atoms with Gasteiger partial charge in [-0.15, -0.1) is 0 Å². The van der Waals surface area contributed by atoms with E-state index in [9.17, 15) is 22.8 Å². The van der Waals surface area contributed by atoms with E-state index >= 15 is 0 Å². The number of anilines is 2. The Balaban J connectivity index is 0.000000503. The molecule has 2 atom stereocenters. The smallest absolute Gasteiger partial charge is 0.323 e. The number of hydrogen-bond donors (Lipinski definition) is 6. The Bertz CT molecular complexity index is 1410. The first-order valence-electron chi connectivity index (χ1n) is 12.8. The lowest BCUT2D eigenvalue weighted by Crippen LogP contribution is -2.39. The van der Waals surface area contributed by atoms with Crippen molar-refractivity contribution in [2.75, 3.05) is 10.0 Å². The number of carboxylic acids is 2. The molecule has 0 aliphatic carbocycles. The van der Waals surface area contributed by atoms with Crippen LogP contribution < -0.4 is 15.5 Å². The molecule has 0 aliphatic heterocycles. The van der Waals surface area contributed by atoms with Crippen molar-refractivity contribution in [1.29, 1.82) is 0 Å². The maximum Gasteiger partial charge on any atom is 0.323 e. The molecule has 11 nitrogen and oxygen atoms in total. The van der Waals surface area contributed by atoms with Gasteiger partial charge in [0.1, 0.15) is 6.04 Å². The number of carbonyl (C=O) groups is 3. The summed E-state index contributed by atoms with van der Waals surface area (Å²) in [5.41, 5.74) is 5.52. The Morgan fingerprint density at radius 1 is 0.805 bits per heavy atom. The second kappa shape index (κ2) is 15.5. The first kappa shape index (κ1) is 32.9. The molecule has 0 saturated heterocycles. The van der Waals surface area contributed by atoms with E-state index in [-0.39, 0.29) is 29.6 Å². The van der Waals surface area contributed by atoms with Crippen LogP contribution in [0, 0.1) is 12.8 Å². The summed E-state index contributed by atoms with van der Waals surface area (Å²) >= 11 is 0. The summed E-state index contributed by atoms with van der Waals surface area (Å²) in [5.74, 6) is -2.45. The predicted molar refractivity (Wildman–Crippen MR) is 155 cm³/mol. The third-order valence-corrected chi connectivity index (χ3v) is 7.55. The standard InChI is InChI=1S/C23H22N2O5S.C6H13NO3/c1-16-2-12-21(13-3-16)31(29,30)25-20-10-6-18(7-11-20)17-4-8-19(9-5-17)24-22(26)14-15-23(27)28;1-3-4(2)5(7-10)6(8)9/h2-13,25H,14-15H2,1H3,(H,24,26)(H,27,28);4-5,7,10H,3H2,1-2H3,(H,8,9). The molecule has 3 aromatic carbocycles. The van der Waals surface area contributed by atoms with E-state index in [1.807, 2.05) is 26.0 Å². The number of hydroxylamine groups is 1. The van der Waals surface area contributed by atoms with E-state index in [0.29, 0.717) is 11.4 Å². The fraction of sp³-hybridized carbons (Fsp3) is 0.276. The second-order valence-electron chi connectivity index (χ2n) is 9.35. The number of benzene rings is 3. The third-order valence-electron chi connectivity index (χ3n) is 6.15. The number of carbonyl (C=O) groups excluding carboxylic acids is 1. The van der Waals surface area contributed by atoms with Crippen LogP contribution >= 0.6 is 0 Å². The maximum absolute atomic E-state index is 12.5. The van der Waals surface area contributed by atoms with Crippen molar-refractivity contribution in [2.45, 2.75) is 51.0 Å². The lowest BCUT2D eigenvalue weighted by atomic mass is 10.0. The van der Waals surface area contributed by atoms with Gasteiger partial charge in [-0.25, -0.2) is 8.42 Å². The Hall–Kier alpha value is -4.26. The van der Waals surface area contributed by atoms with Crippen LogP contribution in [0.2, 0.25) is 0 Å². The van der Waals surface area contributed by atoms with Gasteiger partial charge < -0.3 is 20.7 Å². The Labute approximate surface area is 239 Å². The minimum atomic E-state index is -3.66. The minimum Gasteiger partial charge on any atom is -0.481 e. The van der Waals surface area contributed by atoms with Gasteiger partial charge in [0.25, 0.3) is 10.0 Å². The second-order valence-corrected chi connectivity index (χ2v) is 11.0. The van der Waals surface area contributed by atoms with Crippen LogP contribution in [-0.2, 0) is 24.4 Å². The van der Waals surface area contributed by atoms with Crippen molar-refractivity contribution in [3.05, 3.63) is 78.4 Å². The summed E-state index contributed by atoms with van der Waals surface area (Å²) in [5, 5.41) is 28.1. The molecular weight excluding hydrogens is 550 g/mol. The van der Waals surface area contributed by atoms with E-state index in [1.54, 1.807) is 73.1 Å². The Morgan fingerprint density at radius 2 is 1.32 bits per heavy atom. The lowest BCUT2D eigenvalue weighted by molar-refractivity contribution is -0.144. The van der Waals surface area contributed by atoms with Gasteiger partial charge in [0.05, 0.1) is 11.3 Å². The zero-order valence-electron chi connectivity index (χ0n) is 23.0. The SMILES string of the molecule is CCC(C)C(NO)C(=O)O.Cc1ccc(S(=O)(=O)Nc2ccc(-c3ccc(NC(=O)CCC(=O)O)cc3)cc2)cc1. The van der Waals surface area contributed by atoms with Crippen LogP contribution in [0.1, 0.15) is 38.7 Å². The molecule has 6 N–H and O–H groups in total. The molecule has 41 heavy (non-hydrogen) atoms. The average Bonchev–Trinajstić information content (AvgIpc) is 2.93. The van der Waals surface area contributed by atoms with Crippen LogP contribution in [0.25, 0.3) is 11.1 Å². The summed E-state index contributed by atoms with van der Waals surface area (Å²) in [7, 11) is -3.66. The molecular formula is C29H35N3O8S. The van der Waals surface area contributed by atoms with Crippen molar-refractivity contribution >= 4 is 39.2 Å². The van der Waals surface area contributed by atoms with Gasteiger partial charge in [0.15, 0.2) is 0 Å². The zero-order chi connectivity index (χ0) is 30.6. The van der Waals surface area contributed by atoms with Gasteiger partial charge in [-0.1, -0.05) is 62.2 Å². The lowest BCUT2D eigenvalue weighted by Gasteiger charge is -2.15. The van der Waals surface area contributed by atoms with Crippen molar-refractivity contribution in [3.63, 3.8) is 0 Å². The molecule has 0 heterocycles. The average molecular weight is 586 g/mol. The molecule has 0 spiro atoms. The summed E-state index contributed by atoms with van der Waals surface area (Å²) in [6.45, 7) is 5.53. The van der Waals surface area contributed by atoms with Crippen molar-refractivity contribution < 1.29 is 38.2 Å². The maximum atomic E-state index is 12.5. The number of aryl methyl sites for hydroxylation is 1. The highest BCUT2D eigenvalue weighted by atomic mass is 32.2. The van der Waals surface area contributed by atoms with E-state index in [2.05, 4.69) is 10.0 Å². The minimum absolute atomic E-state index is 0.0532. The summed E-state index contributed by atoms with van der Waals surface area (Å²) in [4.78, 5) is 32.7. The first-order valence-corrected chi connectivity index (χ1v) is 14.3. The molecule has 3 rings (SSSR count). The number of sulfonamides is 1. The molecule has 220 valence electrons. The highest BCUT2D eigenvalue weighted by Gasteiger charge is 2.21. The zero-order valence-corrected chi connectivity index (χ0v) is 23.8. The number of nitrogens with one attached hydrogen (secondary N) is 3. The number of carboxylic acid groups (broad SMARTS) is 2. The van der Waals surface area contributed by atoms with E-state index in [0.717, 1.165) is 23.1 Å². The van der Waals surface area contributed by atoms with Crippen molar-refractivity contribution in [2.24, 2.45) is 5.92 Å². The Morgan fingerprint density at radius 3 is 1.73 bits per heavy atom. The molecule has 0 aromatic heterocycles. The summed E-state index contributed by atoms with van der Waals surface area (Å²) < 4.78 is 27.6. The van der Waals surface area contributed by atoms with Crippen molar-refractivity contribution in [3.8, 4) is 11.1 Å². The van der Waals surface area contributed by atoms with E-state index in [1.165, 1.54) is 0 Å². The van der Waals surface area contributed by atoms with Crippen LogP contribution in [0.4, 0.5) is 11.4 Å². The van der Waals surface area contributed by atoms with Crippen LogP contribution in [-0.4, -0.2) is 47.7 Å². The van der Waals surface area contributed by atoms with Gasteiger partial charge >= 0.3 is 11.9 Å². The molecule has 0 radical (unpaired) electrons. The van der Waals surface area contributed by atoms with Crippen LogP contribution in [0.15, 0.2) is 77.7 Å². The number of hydrogen-bond acceptors (Lipinski definition) is 7. The molecule has 0 fully saturated rings. The molecule has 12 heteroatoms. The first-order chi connectivity index (χ1) is 19.4.